The third-order valence-electron chi connectivity index (χ3n) is 3.05. The lowest BCUT2D eigenvalue weighted by molar-refractivity contribution is 0.105. The lowest BCUT2D eigenvalue weighted by Gasteiger charge is -2.20. The summed E-state index contributed by atoms with van der Waals surface area (Å²) in [6, 6.07) is 15.1. The normalized spacial score (nSPS) is 15.5. The Hall–Kier alpha value is -2.35. The number of hydrogen-bond donors (Lipinski definition) is 1. The van der Waals surface area contributed by atoms with Crippen LogP contribution in [0.2, 0.25) is 0 Å². The number of aliphatic hydroxyl groups is 1. The molecule has 0 aliphatic heterocycles. The predicted octanol–water partition coefficient (Wildman–Crippen LogP) is 3.45. The first-order valence-electron chi connectivity index (χ1n) is 5.41. The van der Waals surface area contributed by atoms with Crippen LogP contribution in [0.1, 0.15) is 15.9 Å². The molecule has 0 heterocycles. The van der Waals surface area contributed by atoms with Gasteiger partial charge in [-0.2, -0.15) is 0 Å². The molecule has 2 aromatic rings. The van der Waals surface area contributed by atoms with Gasteiger partial charge in [0.1, 0.15) is 0 Å². The number of fused-ring (bicyclic) bond motifs is 3. The first kappa shape index (κ1) is 9.85. The first-order valence-corrected chi connectivity index (χ1v) is 5.41. The van der Waals surface area contributed by atoms with E-state index >= 15 is 0 Å². The third-order valence-corrected chi connectivity index (χ3v) is 3.05. The molecule has 0 fully saturated rings. The summed E-state index contributed by atoms with van der Waals surface area (Å²) >= 11 is 0. The van der Waals surface area contributed by atoms with Crippen molar-refractivity contribution in [3.63, 3.8) is 0 Å². The smallest absolute Gasteiger partial charge is 0.197 e. The summed E-state index contributed by atoms with van der Waals surface area (Å²) in [6.07, 6.45) is 0.900. The number of carbonyl (C=O) groups excluding carboxylic acids is 1. The number of Topliss-reactive ketones (excluding diaryl/α,β-unsaturated/α-hetero) is 1. The van der Waals surface area contributed by atoms with Gasteiger partial charge in [-0.3, -0.25) is 4.79 Å². The van der Waals surface area contributed by atoms with Crippen LogP contribution in [-0.4, -0.2) is 10.9 Å². The van der Waals surface area contributed by atoms with Gasteiger partial charge < -0.3 is 5.11 Å². The fourth-order valence-corrected chi connectivity index (χ4v) is 2.26. The molecule has 2 nitrogen and oxygen atoms in total. The van der Waals surface area contributed by atoms with E-state index in [1.165, 1.54) is 0 Å². The second-order valence-corrected chi connectivity index (χ2v) is 3.96. The average molecular weight is 222 g/mol. The molecule has 0 radical (unpaired) electrons. The zero-order valence-electron chi connectivity index (χ0n) is 9.05. The van der Waals surface area contributed by atoms with E-state index < -0.39 is 0 Å². The van der Waals surface area contributed by atoms with Gasteiger partial charge in [-0.25, -0.2) is 0 Å². The van der Waals surface area contributed by atoms with Gasteiger partial charge in [0.25, 0.3) is 0 Å². The van der Waals surface area contributed by atoms with E-state index in [1.807, 2.05) is 42.5 Å². The van der Waals surface area contributed by atoms with Crippen LogP contribution in [-0.2, 0) is 0 Å². The molecule has 0 saturated heterocycles. The van der Waals surface area contributed by atoms with Gasteiger partial charge >= 0.3 is 0 Å². The zero-order chi connectivity index (χ0) is 11.8. The molecule has 2 aromatic carbocycles. The molecule has 0 bridgehead atoms. The van der Waals surface area contributed by atoms with Crippen molar-refractivity contribution in [1.82, 2.24) is 0 Å². The molecular formula is C15H10O2. The van der Waals surface area contributed by atoms with Gasteiger partial charge in [0, 0.05) is 5.56 Å². The van der Waals surface area contributed by atoms with Crippen LogP contribution in [0.4, 0.5) is 0 Å². The highest BCUT2D eigenvalue weighted by atomic mass is 16.2. The Morgan fingerprint density at radius 3 is 1.82 bits per heavy atom. The maximum absolute atomic E-state index is 12.2. The molecule has 0 spiro atoms. The van der Waals surface area contributed by atoms with Gasteiger partial charge in [0.2, 0.25) is 0 Å². The highest BCUT2D eigenvalue weighted by Crippen LogP contribution is 2.38. The van der Waals surface area contributed by atoms with Crippen molar-refractivity contribution in [2.24, 2.45) is 0 Å². The fraction of sp³-hybridized carbons (Fsp3) is 0. The van der Waals surface area contributed by atoms with E-state index in [-0.39, 0.29) is 5.78 Å². The van der Waals surface area contributed by atoms with Gasteiger partial charge in [-0.15, -0.1) is 0 Å². The summed E-state index contributed by atoms with van der Waals surface area (Å²) in [5, 5.41) is 9.25. The maximum Gasteiger partial charge on any atom is 0.197 e. The Morgan fingerprint density at radius 2 is 1.24 bits per heavy atom. The molecule has 0 saturated carbocycles. The molecule has 0 unspecified atom stereocenters. The molecule has 3 rings (SSSR count). The lowest BCUT2D eigenvalue weighted by Crippen LogP contribution is -2.11. The van der Waals surface area contributed by atoms with Crippen LogP contribution in [0, 0.1) is 0 Å². The van der Waals surface area contributed by atoms with E-state index in [9.17, 15) is 9.90 Å². The molecule has 0 atom stereocenters. The van der Waals surface area contributed by atoms with Gasteiger partial charge in [0.05, 0.1) is 11.8 Å². The quantitative estimate of drug-likeness (QED) is 0.547. The fourth-order valence-electron chi connectivity index (χ4n) is 2.26. The Balaban J connectivity index is 2.41. The molecule has 1 N–H and O–H groups in total. The lowest BCUT2D eigenvalue weighted by atomic mass is 9.82. The summed E-state index contributed by atoms with van der Waals surface area (Å²) in [5.41, 5.74) is 3.71. The Labute approximate surface area is 98.8 Å². The van der Waals surface area contributed by atoms with Crippen molar-refractivity contribution in [2.75, 3.05) is 0 Å². The summed E-state index contributed by atoms with van der Waals surface area (Å²) in [7, 11) is 0. The largest absolute Gasteiger partial charge is 0.515 e. The number of allylic oxidation sites excluding steroid dienone is 1. The predicted molar refractivity (Wildman–Crippen MR) is 66.8 cm³/mol. The van der Waals surface area contributed by atoms with E-state index in [1.54, 1.807) is 6.07 Å². The molecule has 1 aliphatic carbocycles. The zero-order valence-corrected chi connectivity index (χ0v) is 9.05. The minimum absolute atomic E-state index is 0.123. The SMILES string of the molecule is O=C1C(=CO)c2ccccc2-c2ccccc21. The van der Waals surface area contributed by atoms with Gasteiger partial charge in [-0.05, 0) is 16.7 Å². The number of benzene rings is 2. The minimum Gasteiger partial charge on any atom is -0.515 e. The average Bonchev–Trinajstić information content (AvgIpc) is 2.40. The Bertz CT molecular complexity index is 639. The first-order chi connectivity index (χ1) is 8.33. The number of carbonyl (C=O) groups is 1. The number of hydrogen-bond acceptors (Lipinski definition) is 2. The van der Waals surface area contributed by atoms with Crippen molar-refractivity contribution in [3.8, 4) is 11.1 Å². The summed E-state index contributed by atoms with van der Waals surface area (Å²) in [4.78, 5) is 12.2. The second-order valence-electron chi connectivity index (χ2n) is 3.96. The summed E-state index contributed by atoms with van der Waals surface area (Å²) < 4.78 is 0. The van der Waals surface area contributed by atoms with E-state index in [0.717, 1.165) is 23.0 Å². The van der Waals surface area contributed by atoms with Crippen LogP contribution in [0.5, 0.6) is 0 Å². The molecule has 82 valence electrons. The van der Waals surface area contributed by atoms with Crippen LogP contribution in [0.3, 0.4) is 0 Å². The number of aliphatic hydroxyl groups excluding tert-OH is 1. The van der Waals surface area contributed by atoms with Gasteiger partial charge in [-0.1, -0.05) is 48.5 Å². The van der Waals surface area contributed by atoms with E-state index in [0.29, 0.717) is 11.1 Å². The summed E-state index contributed by atoms with van der Waals surface area (Å²) in [6.45, 7) is 0. The van der Waals surface area contributed by atoms with Gasteiger partial charge in [0.15, 0.2) is 5.78 Å². The monoisotopic (exact) mass is 222 g/mol. The molecule has 17 heavy (non-hydrogen) atoms. The van der Waals surface area contributed by atoms with Crippen molar-refractivity contribution in [3.05, 3.63) is 65.9 Å². The second kappa shape index (κ2) is 3.59. The van der Waals surface area contributed by atoms with Crippen molar-refractivity contribution in [1.29, 1.82) is 0 Å². The molecule has 0 aromatic heterocycles. The van der Waals surface area contributed by atoms with Crippen molar-refractivity contribution in [2.45, 2.75) is 0 Å². The molecular weight excluding hydrogens is 212 g/mol. The highest BCUT2D eigenvalue weighted by Gasteiger charge is 2.26. The van der Waals surface area contributed by atoms with E-state index in [4.69, 9.17) is 0 Å². The molecule has 0 amide bonds. The number of rotatable bonds is 0. The third kappa shape index (κ3) is 1.31. The minimum atomic E-state index is -0.123. The number of ketones is 1. The Kier molecular flexibility index (Phi) is 2.08. The van der Waals surface area contributed by atoms with Crippen molar-refractivity contribution >= 4 is 11.4 Å². The van der Waals surface area contributed by atoms with Crippen LogP contribution in [0.25, 0.3) is 16.7 Å². The Morgan fingerprint density at radius 1 is 0.765 bits per heavy atom. The maximum atomic E-state index is 12.2. The van der Waals surface area contributed by atoms with Crippen LogP contribution in [0.15, 0.2) is 54.8 Å². The van der Waals surface area contributed by atoms with Crippen LogP contribution < -0.4 is 0 Å². The topological polar surface area (TPSA) is 37.3 Å². The summed E-state index contributed by atoms with van der Waals surface area (Å²) in [5.74, 6) is -0.123. The van der Waals surface area contributed by atoms with E-state index in [2.05, 4.69) is 0 Å². The highest BCUT2D eigenvalue weighted by molar-refractivity contribution is 6.34. The van der Waals surface area contributed by atoms with Crippen molar-refractivity contribution < 1.29 is 9.90 Å². The van der Waals surface area contributed by atoms with Crippen LogP contribution >= 0.6 is 0 Å². The molecule has 1 aliphatic rings. The molecule has 2 heteroatoms. The standard InChI is InChI=1S/C15H10O2/c16-9-14-12-7-2-1-5-10(12)11-6-3-4-8-13(11)15(14)17/h1-9,16H.